The first-order valence-electron chi connectivity index (χ1n) is 23.9. The van der Waals surface area contributed by atoms with Crippen molar-refractivity contribution >= 4 is 39.6 Å². The second-order valence-corrected chi connectivity index (χ2v) is 20.6. The summed E-state index contributed by atoms with van der Waals surface area (Å²) < 4.78 is 95.7. The van der Waals surface area contributed by atoms with Crippen molar-refractivity contribution < 1.29 is 63.8 Å². The molecule has 0 unspecified atom stereocenters. The largest absolute Gasteiger partial charge is 0.534 e. The maximum absolute atomic E-state index is 12.5. The molecule has 0 spiro atoms. The molecule has 414 valence electrons. The van der Waals surface area contributed by atoms with Crippen molar-refractivity contribution in [3.63, 3.8) is 0 Å². The van der Waals surface area contributed by atoms with Crippen LogP contribution in [0, 0.1) is 29.7 Å². The highest BCUT2D eigenvalue weighted by molar-refractivity contribution is 7.87. The molecule has 0 atom stereocenters. The molecular weight excluding hydrogens is 1020 g/mol. The Hall–Kier alpha value is -7.04. The van der Waals surface area contributed by atoms with Gasteiger partial charge < -0.3 is 32.6 Å². The van der Waals surface area contributed by atoms with Gasteiger partial charge in [-0.15, -0.1) is 0 Å². The quantitative estimate of drug-likeness (QED) is 0.0221. The minimum Gasteiger partial charge on any atom is -0.444 e. The van der Waals surface area contributed by atoms with Crippen molar-refractivity contribution in [2.24, 2.45) is 11.8 Å². The smallest absolute Gasteiger partial charge is 0.444 e. The lowest BCUT2D eigenvalue weighted by Crippen LogP contribution is -2.28. The van der Waals surface area contributed by atoms with Gasteiger partial charge in [0, 0.05) is 87.5 Å². The van der Waals surface area contributed by atoms with Gasteiger partial charge in [-0.05, 0) is 73.1 Å². The zero-order valence-corrected chi connectivity index (χ0v) is 44.9. The number of nitrogens with one attached hydrogen (secondary N) is 3. The molecule has 4 aromatic rings. The van der Waals surface area contributed by atoms with Crippen molar-refractivity contribution in [3.8, 4) is 28.6 Å². The van der Waals surface area contributed by atoms with Crippen molar-refractivity contribution in [3.05, 3.63) is 78.0 Å². The van der Waals surface area contributed by atoms with E-state index in [0.717, 1.165) is 61.4 Å². The first-order valence-corrected chi connectivity index (χ1v) is 25.3. The molecule has 2 saturated carbocycles. The van der Waals surface area contributed by atoms with Crippen LogP contribution in [-0.2, 0) is 55.6 Å². The third-order valence-corrected chi connectivity index (χ3v) is 12.2. The summed E-state index contributed by atoms with van der Waals surface area (Å²) in [5.74, 6) is 0.106. The molecule has 0 saturated heterocycles. The number of aromatic amines is 1. The molecule has 27 heteroatoms. The molecule has 0 radical (unpaired) electrons. The van der Waals surface area contributed by atoms with Crippen LogP contribution in [0.3, 0.4) is 0 Å². The lowest BCUT2D eigenvalue weighted by Gasteiger charge is -2.21. The number of hydrogen-bond acceptors (Lipinski definition) is 18. The average Bonchev–Trinajstić information content (AvgIpc) is 4.21. The van der Waals surface area contributed by atoms with E-state index >= 15 is 0 Å². The highest BCUT2D eigenvalue weighted by Gasteiger charge is 2.49. The van der Waals surface area contributed by atoms with E-state index in [1.165, 1.54) is 32.9 Å². The normalized spacial score (nSPS) is 14.8. The summed E-state index contributed by atoms with van der Waals surface area (Å²) in [7, 11) is 0.483. The number of carbonyl (C=O) groups excluding carboxylic acids is 2. The number of hydrogen-bond donors (Lipinski definition) is 3. The van der Waals surface area contributed by atoms with E-state index in [0.29, 0.717) is 59.3 Å². The highest BCUT2D eigenvalue weighted by atomic mass is 32.2. The molecule has 0 aromatic carbocycles. The Morgan fingerprint density at radius 2 is 1.28 bits per heavy atom. The molecular formula is C49H65F3N12O11S. The van der Waals surface area contributed by atoms with Crippen molar-refractivity contribution in [1.82, 2.24) is 39.9 Å². The van der Waals surface area contributed by atoms with E-state index in [1.54, 1.807) is 85.2 Å². The maximum atomic E-state index is 12.5. The Bertz CT molecular complexity index is 2780. The molecule has 4 aromatic heterocycles. The predicted molar refractivity (Wildman–Crippen MR) is 270 cm³/mol. The Balaban J connectivity index is 0.000000262. The van der Waals surface area contributed by atoms with E-state index in [4.69, 9.17) is 40.3 Å². The van der Waals surface area contributed by atoms with Gasteiger partial charge in [-0.1, -0.05) is 25.7 Å². The second-order valence-electron chi connectivity index (χ2n) is 19.0. The summed E-state index contributed by atoms with van der Waals surface area (Å²) >= 11 is 0. The van der Waals surface area contributed by atoms with Crippen LogP contribution >= 0.6 is 0 Å². The second kappa shape index (κ2) is 28.2. The maximum Gasteiger partial charge on any atom is 0.534 e. The minimum absolute atomic E-state index is 0.285. The van der Waals surface area contributed by atoms with E-state index in [9.17, 15) is 31.2 Å². The molecule has 0 aliphatic heterocycles. The Morgan fingerprint density at radius 1 is 0.803 bits per heavy atom. The summed E-state index contributed by atoms with van der Waals surface area (Å²) in [5.41, 5.74) is -1.90. The number of nitrogens with zero attached hydrogens (tertiary/aromatic N) is 9. The molecule has 2 aliphatic carbocycles. The van der Waals surface area contributed by atoms with Crippen LogP contribution < -0.4 is 10.6 Å². The monoisotopic (exact) mass is 1090 g/mol. The van der Waals surface area contributed by atoms with Gasteiger partial charge in [0.2, 0.25) is 0 Å². The van der Waals surface area contributed by atoms with Gasteiger partial charge >= 0.3 is 27.8 Å². The van der Waals surface area contributed by atoms with Crippen LogP contribution in [0.1, 0.15) is 104 Å². The first-order chi connectivity index (χ1) is 35.9. The Kier molecular flexibility index (Phi) is 22.8. The molecule has 6 rings (SSSR count). The van der Waals surface area contributed by atoms with Crippen LogP contribution in [0.2, 0.25) is 0 Å². The average molecular weight is 1090 g/mol. The van der Waals surface area contributed by atoms with Crippen LogP contribution in [0.4, 0.5) is 34.4 Å². The number of aromatic nitrogens is 8. The van der Waals surface area contributed by atoms with Crippen molar-refractivity contribution in [1.29, 1.82) is 5.26 Å². The number of anilines is 2. The number of allylic oxidation sites excluding steroid dienone is 3. The fraction of sp³-hybridized carbons (Fsp3) is 0.551. The Labute approximate surface area is 439 Å². The van der Waals surface area contributed by atoms with Gasteiger partial charge in [0.1, 0.15) is 41.3 Å². The fourth-order valence-corrected chi connectivity index (χ4v) is 8.38. The molecule has 4 heterocycles. The van der Waals surface area contributed by atoms with Gasteiger partial charge in [-0.3, -0.25) is 20.4 Å². The Morgan fingerprint density at radius 3 is 1.68 bits per heavy atom. The molecule has 3 N–H and O–H groups in total. The van der Waals surface area contributed by atoms with Crippen LogP contribution in [0.15, 0.2) is 55.5 Å². The van der Waals surface area contributed by atoms with Gasteiger partial charge in [-0.2, -0.15) is 37.0 Å². The molecule has 2 fully saturated rings. The number of halogens is 3. The standard InChI is InChI=1S/C24H32N6O4.C16H23N5O4.C9H10F3NO3S/c1-24(2,3)34-23(31)29-22-18(11-20(32-5)33-6)21(26-15-27-22)17-12-28-30(14-17)19(13-25-4)16-9-7-8-10-16;1-16(2,3)25-15(22)21-14-11(6-12(23-4)24-5)13(17-9-18-14)10-7-19-20-8-10;10-9(11,12)17(14,15)16-8(5-6-13)7-3-1-2-4-7/h12-16,20H,7-11H2,1-3,5-6H3,(H,26,27,29,31);7-9,12H,6H2,1-5H3,(H,19,20)(H,17,18,21,22);5,7H,1-4H2/b19-13-;;. The number of rotatable bonds is 17. The third-order valence-electron chi connectivity index (χ3n) is 11.2. The van der Waals surface area contributed by atoms with Crippen LogP contribution in [0.5, 0.6) is 0 Å². The van der Waals surface area contributed by atoms with Gasteiger partial charge in [0.25, 0.3) is 0 Å². The summed E-state index contributed by atoms with van der Waals surface area (Å²) in [6.45, 7) is 18.1. The number of nitriles is 1. The summed E-state index contributed by atoms with van der Waals surface area (Å²) in [5, 5.41) is 25.0. The fourth-order valence-electron chi connectivity index (χ4n) is 7.85. The van der Waals surface area contributed by atoms with Crippen LogP contribution in [-0.4, -0.2) is 118 Å². The lowest BCUT2D eigenvalue weighted by atomic mass is 10.0. The van der Waals surface area contributed by atoms with Gasteiger partial charge in [0.05, 0.1) is 42.5 Å². The van der Waals surface area contributed by atoms with Gasteiger partial charge in [0.15, 0.2) is 18.8 Å². The SMILES string of the molecule is COC(Cc1c(NC(=O)OC(C)(C)C)ncnc1-c1cn[nH]c1)OC.N#CC=C(OS(=O)(=O)C(F)(F)F)C1CCCC1.[C-]#[N+]/C=C(/C1CCCC1)n1cc(-c2ncnc(NC(=O)OC(C)(C)C)c2CC(OC)OC)cn1. The predicted octanol–water partition coefficient (Wildman–Crippen LogP) is 9.58. The summed E-state index contributed by atoms with van der Waals surface area (Å²) in [4.78, 5) is 45.3. The van der Waals surface area contributed by atoms with Crippen LogP contribution in [0.25, 0.3) is 33.1 Å². The van der Waals surface area contributed by atoms with Gasteiger partial charge in [-0.25, -0.2) is 34.4 Å². The van der Waals surface area contributed by atoms with E-state index < -0.39 is 63.3 Å². The first kappa shape index (κ1) is 61.5. The van der Waals surface area contributed by atoms with E-state index in [1.807, 2.05) is 6.20 Å². The van der Waals surface area contributed by atoms with E-state index in [2.05, 4.69) is 54.9 Å². The number of carbonyl (C=O) groups is 2. The number of amides is 2. The summed E-state index contributed by atoms with van der Waals surface area (Å²) in [6.07, 6.45) is 17.2. The van der Waals surface area contributed by atoms with Crippen molar-refractivity contribution in [2.75, 3.05) is 39.1 Å². The topological polar surface area (TPSA) is 283 Å². The molecule has 2 amide bonds. The summed E-state index contributed by atoms with van der Waals surface area (Å²) in [6, 6.07) is 1.50. The zero-order valence-electron chi connectivity index (χ0n) is 44.1. The van der Waals surface area contributed by atoms with Crippen molar-refractivity contribution in [2.45, 2.75) is 135 Å². The number of ether oxygens (including phenoxy) is 6. The molecule has 2 aliphatic rings. The molecule has 0 bridgehead atoms. The molecule has 76 heavy (non-hydrogen) atoms. The lowest BCUT2D eigenvalue weighted by molar-refractivity contribution is -0.100. The highest BCUT2D eigenvalue weighted by Crippen LogP contribution is 2.37. The number of alkyl halides is 3. The number of H-pyrrole nitrogens is 1. The minimum atomic E-state index is -5.68. The number of methoxy groups -OCH3 is 4. The zero-order chi connectivity index (χ0) is 56.3. The third kappa shape index (κ3) is 18.7. The van der Waals surface area contributed by atoms with E-state index in [-0.39, 0.29) is 6.42 Å². The molecule has 23 nitrogen and oxygen atoms in total.